The van der Waals surface area contributed by atoms with Gasteiger partial charge in [-0.1, -0.05) is 27.7 Å². The van der Waals surface area contributed by atoms with E-state index in [2.05, 4.69) is 37.9 Å². The number of aliphatic carboxylic acids is 1. The number of carboxylic acids is 1. The predicted octanol–water partition coefficient (Wildman–Crippen LogP) is 2.20. The summed E-state index contributed by atoms with van der Waals surface area (Å²) in [6, 6.07) is 0. The van der Waals surface area contributed by atoms with E-state index in [4.69, 9.17) is 5.11 Å². The van der Waals surface area contributed by atoms with Crippen LogP contribution in [0.2, 0.25) is 0 Å². The maximum absolute atomic E-state index is 10.5. The summed E-state index contributed by atoms with van der Waals surface area (Å²) < 4.78 is 0. The second-order valence-corrected chi connectivity index (χ2v) is 5.58. The molecule has 2 N–H and O–H groups in total. The Morgan fingerprint density at radius 2 is 1.78 bits per heavy atom. The van der Waals surface area contributed by atoms with Gasteiger partial charge in [-0.3, -0.25) is 4.79 Å². The van der Waals surface area contributed by atoms with Crippen LogP contribution in [-0.2, 0) is 4.79 Å². The summed E-state index contributed by atoms with van der Waals surface area (Å²) in [5, 5.41) is 12.1. The van der Waals surface area contributed by atoms with Crippen LogP contribution in [-0.4, -0.2) is 48.7 Å². The lowest BCUT2D eigenvalue weighted by atomic mass is 9.84. The van der Waals surface area contributed by atoms with E-state index in [-0.39, 0.29) is 11.8 Å². The van der Waals surface area contributed by atoms with Gasteiger partial charge >= 0.3 is 5.97 Å². The Morgan fingerprint density at radius 1 is 1.17 bits per heavy atom. The summed E-state index contributed by atoms with van der Waals surface area (Å²) in [5.74, 6) is -0.697. The minimum Gasteiger partial charge on any atom is -0.481 e. The molecule has 0 saturated heterocycles. The maximum atomic E-state index is 10.5. The molecular weight excluding hydrogens is 228 g/mol. The first kappa shape index (κ1) is 17.4. The third kappa shape index (κ3) is 9.42. The Hall–Kier alpha value is -0.610. The third-order valence-electron chi connectivity index (χ3n) is 3.49. The number of nitrogens with one attached hydrogen (secondary N) is 1. The lowest BCUT2D eigenvalue weighted by Gasteiger charge is -2.24. The van der Waals surface area contributed by atoms with Crippen LogP contribution < -0.4 is 5.32 Å². The summed E-state index contributed by atoms with van der Waals surface area (Å²) in [7, 11) is 0. The van der Waals surface area contributed by atoms with Crippen molar-refractivity contribution in [3.05, 3.63) is 0 Å². The molecule has 0 spiro atoms. The summed E-state index contributed by atoms with van der Waals surface area (Å²) >= 11 is 0. The minimum atomic E-state index is -0.697. The normalized spacial score (nSPS) is 12.1. The molecule has 4 nitrogen and oxygen atoms in total. The van der Waals surface area contributed by atoms with Gasteiger partial charge < -0.3 is 15.3 Å². The summed E-state index contributed by atoms with van der Waals surface area (Å²) in [6.45, 7) is 13.9. The maximum Gasteiger partial charge on any atom is 0.303 e. The monoisotopic (exact) mass is 258 g/mol. The van der Waals surface area contributed by atoms with Crippen LogP contribution in [0.25, 0.3) is 0 Å². The highest BCUT2D eigenvalue weighted by atomic mass is 16.4. The van der Waals surface area contributed by atoms with Crippen molar-refractivity contribution in [2.45, 2.75) is 47.0 Å². The first-order chi connectivity index (χ1) is 8.41. The SMILES string of the molecule is CCN(CC)CCNCCC(C)(C)CCC(=O)O. The Balaban J connectivity index is 3.60. The molecule has 0 heterocycles. The molecule has 0 aromatic carbocycles. The molecule has 0 aliphatic rings. The number of hydrogen-bond donors (Lipinski definition) is 2. The molecular formula is C14H30N2O2. The van der Waals surface area contributed by atoms with Gasteiger partial charge in [-0.25, -0.2) is 0 Å². The van der Waals surface area contributed by atoms with Crippen molar-refractivity contribution in [1.82, 2.24) is 10.2 Å². The van der Waals surface area contributed by atoms with Crippen LogP contribution in [0.3, 0.4) is 0 Å². The molecule has 18 heavy (non-hydrogen) atoms. The van der Waals surface area contributed by atoms with Gasteiger partial charge in [0.1, 0.15) is 0 Å². The van der Waals surface area contributed by atoms with Crippen molar-refractivity contribution in [3.63, 3.8) is 0 Å². The molecule has 0 saturated carbocycles. The number of rotatable bonds is 11. The molecule has 0 atom stereocenters. The van der Waals surface area contributed by atoms with Gasteiger partial charge in [0, 0.05) is 19.5 Å². The Morgan fingerprint density at radius 3 is 2.28 bits per heavy atom. The van der Waals surface area contributed by atoms with Gasteiger partial charge in [0.05, 0.1) is 0 Å². The molecule has 0 amide bonds. The average Bonchev–Trinajstić information content (AvgIpc) is 2.31. The molecule has 0 aromatic heterocycles. The second-order valence-electron chi connectivity index (χ2n) is 5.58. The van der Waals surface area contributed by atoms with Crippen LogP contribution in [0.4, 0.5) is 0 Å². The van der Waals surface area contributed by atoms with Gasteiger partial charge in [0.15, 0.2) is 0 Å². The Bertz CT molecular complexity index is 226. The standard InChI is InChI=1S/C14H30N2O2/c1-5-16(6-2)12-11-15-10-9-14(3,4)8-7-13(17)18/h15H,5-12H2,1-4H3,(H,17,18). The summed E-state index contributed by atoms with van der Waals surface area (Å²) in [4.78, 5) is 12.9. The number of likely N-dealkylation sites (N-methyl/N-ethyl adjacent to an activating group) is 1. The highest BCUT2D eigenvalue weighted by Crippen LogP contribution is 2.25. The minimum absolute atomic E-state index is 0.112. The third-order valence-corrected chi connectivity index (χ3v) is 3.49. The van der Waals surface area contributed by atoms with Crippen LogP contribution in [0.15, 0.2) is 0 Å². The molecule has 0 fully saturated rings. The molecule has 0 unspecified atom stereocenters. The fraction of sp³-hybridized carbons (Fsp3) is 0.929. The second kappa shape index (κ2) is 9.34. The van der Waals surface area contributed by atoms with Crippen LogP contribution >= 0.6 is 0 Å². The first-order valence-electron chi connectivity index (χ1n) is 7.06. The predicted molar refractivity (Wildman–Crippen MR) is 75.9 cm³/mol. The van der Waals surface area contributed by atoms with Gasteiger partial charge in [0.2, 0.25) is 0 Å². The number of nitrogens with zero attached hydrogens (tertiary/aromatic N) is 1. The van der Waals surface area contributed by atoms with Crippen molar-refractivity contribution >= 4 is 5.97 Å². The van der Waals surface area contributed by atoms with E-state index in [1.54, 1.807) is 0 Å². The largest absolute Gasteiger partial charge is 0.481 e. The van der Waals surface area contributed by atoms with Crippen molar-refractivity contribution in [2.75, 3.05) is 32.7 Å². The van der Waals surface area contributed by atoms with Gasteiger partial charge in [-0.15, -0.1) is 0 Å². The van der Waals surface area contributed by atoms with Crippen molar-refractivity contribution in [1.29, 1.82) is 0 Å². The average molecular weight is 258 g/mol. The molecule has 0 radical (unpaired) electrons. The summed E-state index contributed by atoms with van der Waals surface area (Å²) in [6.07, 6.45) is 2.05. The zero-order valence-corrected chi connectivity index (χ0v) is 12.5. The quantitative estimate of drug-likeness (QED) is 0.558. The number of carbonyl (C=O) groups is 1. The first-order valence-corrected chi connectivity index (χ1v) is 7.06. The van der Waals surface area contributed by atoms with E-state index in [9.17, 15) is 4.79 Å². The van der Waals surface area contributed by atoms with Crippen LogP contribution in [0.5, 0.6) is 0 Å². The molecule has 0 aliphatic heterocycles. The molecule has 0 aromatic rings. The number of carboxylic acid groups (broad SMARTS) is 1. The van der Waals surface area contributed by atoms with E-state index >= 15 is 0 Å². The van der Waals surface area contributed by atoms with Crippen molar-refractivity contribution in [2.24, 2.45) is 5.41 Å². The fourth-order valence-electron chi connectivity index (χ4n) is 1.90. The van der Waals surface area contributed by atoms with E-state index in [1.165, 1.54) is 0 Å². The lowest BCUT2D eigenvalue weighted by Crippen LogP contribution is -2.33. The fourth-order valence-corrected chi connectivity index (χ4v) is 1.90. The van der Waals surface area contributed by atoms with E-state index in [0.717, 1.165) is 45.6 Å². The topological polar surface area (TPSA) is 52.6 Å². The van der Waals surface area contributed by atoms with Gasteiger partial charge in [-0.05, 0) is 37.9 Å². The number of hydrogen-bond acceptors (Lipinski definition) is 3. The molecule has 0 rings (SSSR count). The Kier molecular flexibility index (Phi) is 9.02. The molecule has 0 aliphatic carbocycles. The lowest BCUT2D eigenvalue weighted by molar-refractivity contribution is -0.137. The zero-order chi connectivity index (χ0) is 14.0. The highest BCUT2D eigenvalue weighted by molar-refractivity contribution is 5.66. The molecule has 4 heteroatoms. The molecule has 108 valence electrons. The van der Waals surface area contributed by atoms with E-state index in [1.807, 2.05) is 0 Å². The zero-order valence-electron chi connectivity index (χ0n) is 12.5. The smallest absolute Gasteiger partial charge is 0.303 e. The van der Waals surface area contributed by atoms with Gasteiger partial charge in [0.25, 0.3) is 0 Å². The van der Waals surface area contributed by atoms with E-state index in [0.29, 0.717) is 0 Å². The van der Waals surface area contributed by atoms with Crippen LogP contribution in [0.1, 0.15) is 47.0 Å². The van der Waals surface area contributed by atoms with Gasteiger partial charge in [-0.2, -0.15) is 0 Å². The highest BCUT2D eigenvalue weighted by Gasteiger charge is 2.18. The Labute approximate surface area is 112 Å². The van der Waals surface area contributed by atoms with Crippen LogP contribution in [0, 0.1) is 5.41 Å². The van der Waals surface area contributed by atoms with Crippen molar-refractivity contribution < 1.29 is 9.90 Å². The summed E-state index contributed by atoms with van der Waals surface area (Å²) in [5.41, 5.74) is 0.112. The van der Waals surface area contributed by atoms with E-state index < -0.39 is 5.97 Å². The molecule has 0 bridgehead atoms. The van der Waals surface area contributed by atoms with Crippen molar-refractivity contribution in [3.8, 4) is 0 Å².